The molecule has 0 bridgehead atoms. The van der Waals surface area contributed by atoms with Crippen LogP contribution in [0.25, 0.3) is 11.0 Å². The minimum atomic E-state index is -3.06. The summed E-state index contributed by atoms with van der Waals surface area (Å²) in [5, 5.41) is 8.94. The van der Waals surface area contributed by atoms with Crippen LogP contribution in [0.2, 0.25) is 0 Å². The zero-order valence-corrected chi connectivity index (χ0v) is 11.2. The molecule has 19 heavy (non-hydrogen) atoms. The molecule has 0 atom stereocenters. The lowest BCUT2D eigenvalue weighted by molar-refractivity contribution is 0.0697. The lowest BCUT2D eigenvalue weighted by atomic mass is 10.2. The highest BCUT2D eigenvalue weighted by Gasteiger charge is 2.11. The van der Waals surface area contributed by atoms with Crippen LogP contribution in [-0.2, 0) is 16.4 Å². The molecule has 6 nitrogen and oxygen atoms in total. The van der Waals surface area contributed by atoms with Gasteiger partial charge in [-0.05, 0) is 18.2 Å². The average molecular weight is 282 g/mol. The van der Waals surface area contributed by atoms with Gasteiger partial charge in [-0.2, -0.15) is 0 Å². The minimum Gasteiger partial charge on any atom is -0.478 e. The summed E-state index contributed by atoms with van der Waals surface area (Å²) in [7, 11) is -3.06. The van der Waals surface area contributed by atoms with Gasteiger partial charge >= 0.3 is 5.97 Å². The first-order valence-corrected chi connectivity index (χ1v) is 7.63. The number of imidazole rings is 1. The van der Waals surface area contributed by atoms with Gasteiger partial charge in [-0.3, -0.25) is 0 Å². The summed E-state index contributed by atoms with van der Waals surface area (Å²) in [6.45, 7) is 1.87. The first-order valence-electron chi connectivity index (χ1n) is 5.81. The number of rotatable bonds is 5. The Morgan fingerprint density at radius 3 is 2.79 bits per heavy atom. The number of sulfone groups is 1. The Morgan fingerprint density at radius 1 is 1.42 bits per heavy atom. The normalized spacial score (nSPS) is 11.8. The first kappa shape index (κ1) is 13.5. The summed E-state index contributed by atoms with van der Waals surface area (Å²) in [5.41, 5.74) is 1.44. The van der Waals surface area contributed by atoms with Crippen molar-refractivity contribution in [3.63, 3.8) is 0 Å². The van der Waals surface area contributed by atoms with E-state index in [0.29, 0.717) is 11.0 Å². The second-order valence-electron chi connectivity index (χ2n) is 4.18. The van der Waals surface area contributed by atoms with E-state index in [2.05, 4.69) is 4.98 Å². The largest absolute Gasteiger partial charge is 0.478 e. The van der Waals surface area contributed by atoms with Crippen molar-refractivity contribution < 1.29 is 18.3 Å². The maximum absolute atomic E-state index is 11.5. The van der Waals surface area contributed by atoms with Crippen LogP contribution in [-0.4, -0.2) is 40.6 Å². The van der Waals surface area contributed by atoms with Gasteiger partial charge in [0.05, 0.1) is 28.7 Å². The number of hydrogen-bond acceptors (Lipinski definition) is 4. The molecule has 0 amide bonds. The molecule has 0 saturated heterocycles. The number of benzene rings is 1. The number of aromatic carboxylic acids is 1. The highest BCUT2D eigenvalue weighted by Crippen LogP contribution is 2.15. The molecule has 2 rings (SSSR count). The third kappa shape index (κ3) is 2.93. The molecule has 7 heteroatoms. The van der Waals surface area contributed by atoms with Gasteiger partial charge in [0.25, 0.3) is 0 Å². The SMILES string of the molecule is CCS(=O)(=O)CCn1cnc2ccc(C(=O)O)cc21. The molecule has 1 N–H and O–H groups in total. The third-order valence-corrected chi connectivity index (χ3v) is 4.64. The topological polar surface area (TPSA) is 89.3 Å². The molecule has 0 aliphatic carbocycles. The molecule has 0 fully saturated rings. The summed E-state index contributed by atoms with van der Waals surface area (Å²) in [6.07, 6.45) is 1.53. The van der Waals surface area contributed by atoms with E-state index in [9.17, 15) is 13.2 Å². The van der Waals surface area contributed by atoms with Crippen molar-refractivity contribution >= 4 is 26.8 Å². The molecule has 0 unspecified atom stereocenters. The minimum absolute atomic E-state index is 0.0201. The molecular formula is C12H14N2O4S. The van der Waals surface area contributed by atoms with Gasteiger partial charge in [0.15, 0.2) is 9.84 Å². The van der Waals surface area contributed by atoms with Crippen LogP contribution in [0.3, 0.4) is 0 Å². The van der Waals surface area contributed by atoms with E-state index in [4.69, 9.17) is 5.11 Å². The summed E-state index contributed by atoms with van der Waals surface area (Å²) < 4.78 is 24.6. The second-order valence-corrected chi connectivity index (χ2v) is 6.66. The fourth-order valence-corrected chi connectivity index (χ4v) is 2.51. The second kappa shape index (κ2) is 5.00. The summed E-state index contributed by atoms with van der Waals surface area (Å²) in [5.74, 6) is -0.900. The van der Waals surface area contributed by atoms with Crippen molar-refractivity contribution in [3.8, 4) is 0 Å². The fraction of sp³-hybridized carbons (Fsp3) is 0.333. The van der Waals surface area contributed by atoms with Gasteiger partial charge in [-0.25, -0.2) is 18.2 Å². The van der Waals surface area contributed by atoms with Gasteiger partial charge in [0, 0.05) is 12.3 Å². The summed E-state index contributed by atoms with van der Waals surface area (Å²) in [4.78, 5) is 15.0. The van der Waals surface area contributed by atoms with Crippen LogP contribution in [0, 0.1) is 0 Å². The van der Waals surface area contributed by atoms with Crippen LogP contribution in [0.15, 0.2) is 24.5 Å². The number of aryl methyl sites for hydroxylation is 1. The van der Waals surface area contributed by atoms with Gasteiger partial charge in [0.1, 0.15) is 0 Å². The standard InChI is InChI=1S/C12H14N2O4S/c1-2-19(17,18)6-5-14-8-13-10-4-3-9(12(15)16)7-11(10)14/h3-4,7-8H,2,5-6H2,1H3,(H,15,16). The molecule has 0 saturated carbocycles. The van der Waals surface area contributed by atoms with Crippen molar-refractivity contribution in [1.82, 2.24) is 9.55 Å². The third-order valence-electron chi connectivity index (χ3n) is 2.95. The van der Waals surface area contributed by atoms with Crippen molar-refractivity contribution in [3.05, 3.63) is 30.1 Å². The smallest absolute Gasteiger partial charge is 0.335 e. The van der Waals surface area contributed by atoms with Gasteiger partial charge < -0.3 is 9.67 Å². The monoisotopic (exact) mass is 282 g/mol. The van der Waals surface area contributed by atoms with Crippen molar-refractivity contribution in [2.75, 3.05) is 11.5 Å². The van der Waals surface area contributed by atoms with E-state index in [-0.39, 0.29) is 23.6 Å². The quantitative estimate of drug-likeness (QED) is 0.889. The Labute approximate surface area is 110 Å². The van der Waals surface area contributed by atoms with Crippen LogP contribution in [0.4, 0.5) is 0 Å². The van der Waals surface area contributed by atoms with Crippen molar-refractivity contribution in [2.24, 2.45) is 0 Å². The highest BCUT2D eigenvalue weighted by atomic mass is 32.2. The molecule has 0 radical (unpaired) electrons. The predicted octanol–water partition coefficient (Wildman–Crippen LogP) is 1.17. The molecule has 102 valence electrons. The van der Waals surface area contributed by atoms with Crippen LogP contribution in [0.5, 0.6) is 0 Å². The van der Waals surface area contributed by atoms with Gasteiger partial charge in [0.2, 0.25) is 0 Å². The van der Waals surface area contributed by atoms with Gasteiger partial charge in [-0.15, -0.1) is 0 Å². The number of fused-ring (bicyclic) bond motifs is 1. The first-order chi connectivity index (χ1) is 8.93. The zero-order chi connectivity index (χ0) is 14.0. The Balaban J connectivity index is 2.33. The number of nitrogens with zero attached hydrogens (tertiary/aromatic N) is 2. The number of hydrogen-bond donors (Lipinski definition) is 1. The van der Waals surface area contributed by atoms with E-state index in [1.807, 2.05) is 0 Å². The van der Waals surface area contributed by atoms with E-state index >= 15 is 0 Å². The molecule has 2 aromatic rings. The maximum atomic E-state index is 11.5. The van der Waals surface area contributed by atoms with E-state index in [1.165, 1.54) is 18.5 Å². The summed E-state index contributed by atoms with van der Waals surface area (Å²) in [6, 6.07) is 4.59. The zero-order valence-electron chi connectivity index (χ0n) is 10.4. The Kier molecular flexibility index (Phi) is 3.57. The van der Waals surface area contributed by atoms with Crippen molar-refractivity contribution in [2.45, 2.75) is 13.5 Å². The van der Waals surface area contributed by atoms with Crippen LogP contribution < -0.4 is 0 Å². The van der Waals surface area contributed by atoms with E-state index < -0.39 is 15.8 Å². The van der Waals surface area contributed by atoms with Gasteiger partial charge in [-0.1, -0.05) is 6.92 Å². The Morgan fingerprint density at radius 2 is 2.16 bits per heavy atom. The van der Waals surface area contributed by atoms with Crippen molar-refractivity contribution in [1.29, 1.82) is 0 Å². The molecule has 0 aliphatic heterocycles. The average Bonchev–Trinajstić information content (AvgIpc) is 2.78. The molecular weight excluding hydrogens is 268 g/mol. The van der Waals surface area contributed by atoms with Crippen LogP contribution >= 0.6 is 0 Å². The lowest BCUT2D eigenvalue weighted by Gasteiger charge is -2.05. The molecule has 0 spiro atoms. The number of carboxylic acids is 1. The number of carboxylic acid groups (broad SMARTS) is 1. The Bertz CT molecular complexity index is 718. The Hall–Kier alpha value is -1.89. The van der Waals surface area contributed by atoms with E-state index in [0.717, 1.165) is 0 Å². The predicted molar refractivity (Wildman–Crippen MR) is 71.0 cm³/mol. The number of aromatic nitrogens is 2. The molecule has 1 heterocycles. The summed E-state index contributed by atoms with van der Waals surface area (Å²) >= 11 is 0. The fourth-order valence-electron chi connectivity index (χ4n) is 1.75. The van der Waals surface area contributed by atoms with Crippen LogP contribution in [0.1, 0.15) is 17.3 Å². The highest BCUT2D eigenvalue weighted by molar-refractivity contribution is 7.91. The number of carbonyl (C=O) groups is 1. The lowest BCUT2D eigenvalue weighted by Crippen LogP contribution is -2.14. The molecule has 0 aliphatic rings. The maximum Gasteiger partial charge on any atom is 0.335 e. The van der Waals surface area contributed by atoms with E-state index in [1.54, 1.807) is 17.6 Å². The molecule has 1 aromatic carbocycles. The molecule has 1 aromatic heterocycles.